The summed E-state index contributed by atoms with van der Waals surface area (Å²) in [7, 11) is -3.82. The number of nitrogens with zero attached hydrogens (tertiary/aromatic N) is 1. The van der Waals surface area contributed by atoms with Crippen molar-refractivity contribution in [3.63, 3.8) is 0 Å². The van der Waals surface area contributed by atoms with E-state index in [9.17, 15) is 17.6 Å². The van der Waals surface area contributed by atoms with Gasteiger partial charge in [0.25, 0.3) is 0 Å². The minimum absolute atomic E-state index is 0.131. The molecule has 0 bridgehead atoms. The van der Waals surface area contributed by atoms with Crippen LogP contribution in [-0.4, -0.2) is 26.6 Å². The van der Waals surface area contributed by atoms with Crippen molar-refractivity contribution in [2.45, 2.75) is 33.2 Å². The van der Waals surface area contributed by atoms with E-state index in [2.05, 4.69) is 5.32 Å². The van der Waals surface area contributed by atoms with Crippen LogP contribution in [0.15, 0.2) is 36.4 Å². The van der Waals surface area contributed by atoms with Gasteiger partial charge in [-0.05, 0) is 55.7 Å². The molecule has 0 aliphatic heterocycles. The first kappa shape index (κ1) is 21.2. The Morgan fingerprint density at radius 1 is 1.22 bits per heavy atom. The number of sulfonamides is 1. The van der Waals surface area contributed by atoms with Crippen molar-refractivity contribution in [3.8, 4) is 0 Å². The van der Waals surface area contributed by atoms with Crippen molar-refractivity contribution in [3.05, 3.63) is 58.4 Å². The zero-order valence-corrected chi connectivity index (χ0v) is 17.2. The number of nitrogens with one attached hydrogen (secondary N) is 1. The highest BCUT2D eigenvalue weighted by atomic mass is 35.5. The van der Waals surface area contributed by atoms with Gasteiger partial charge in [-0.3, -0.25) is 9.10 Å². The summed E-state index contributed by atoms with van der Waals surface area (Å²) in [6, 6.07) is 8.17. The van der Waals surface area contributed by atoms with Crippen LogP contribution in [-0.2, 0) is 14.8 Å². The molecule has 0 aliphatic rings. The van der Waals surface area contributed by atoms with Gasteiger partial charge in [0.15, 0.2) is 0 Å². The molecule has 1 unspecified atom stereocenters. The first-order valence-corrected chi connectivity index (χ1v) is 10.6. The molecule has 8 heteroatoms. The largest absolute Gasteiger partial charge is 0.324 e. The van der Waals surface area contributed by atoms with Gasteiger partial charge in [0.1, 0.15) is 11.9 Å². The summed E-state index contributed by atoms with van der Waals surface area (Å²) in [4.78, 5) is 12.9. The third-order valence-corrected chi connectivity index (χ3v) is 5.61. The Bertz CT molecular complexity index is 963. The van der Waals surface area contributed by atoms with E-state index in [0.29, 0.717) is 5.69 Å². The minimum atomic E-state index is -3.82. The summed E-state index contributed by atoms with van der Waals surface area (Å²) < 4.78 is 39.3. The van der Waals surface area contributed by atoms with Crippen molar-refractivity contribution in [1.29, 1.82) is 0 Å². The van der Waals surface area contributed by atoms with Crippen LogP contribution in [0.1, 0.15) is 24.5 Å². The Kier molecular flexibility index (Phi) is 6.49. The lowest BCUT2D eigenvalue weighted by molar-refractivity contribution is -0.117. The third-order valence-electron chi connectivity index (χ3n) is 4.14. The minimum Gasteiger partial charge on any atom is -0.324 e. The number of carbonyl (C=O) groups excluding carboxylic acids is 1. The lowest BCUT2D eigenvalue weighted by Crippen LogP contribution is -2.47. The average molecular weight is 413 g/mol. The van der Waals surface area contributed by atoms with E-state index in [1.54, 1.807) is 6.92 Å². The fraction of sp³-hybridized carbons (Fsp3) is 0.316. The Morgan fingerprint density at radius 3 is 2.44 bits per heavy atom. The fourth-order valence-corrected chi connectivity index (χ4v) is 4.15. The number of carbonyl (C=O) groups is 1. The van der Waals surface area contributed by atoms with E-state index in [1.807, 2.05) is 32.0 Å². The number of hydrogen-bond acceptors (Lipinski definition) is 3. The molecule has 1 amide bonds. The highest BCUT2D eigenvalue weighted by Gasteiger charge is 2.32. The molecular weight excluding hydrogens is 391 g/mol. The summed E-state index contributed by atoms with van der Waals surface area (Å²) in [6.07, 6.45) is 1.22. The van der Waals surface area contributed by atoms with Crippen LogP contribution >= 0.6 is 11.6 Å². The highest BCUT2D eigenvalue weighted by Crippen LogP contribution is 2.28. The number of aryl methyl sites for hydroxylation is 2. The predicted octanol–water partition coefficient (Wildman–Crippen LogP) is 4.28. The molecule has 0 fully saturated rings. The number of benzene rings is 2. The van der Waals surface area contributed by atoms with Crippen molar-refractivity contribution >= 4 is 38.9 Å². The van der Waals surface area contributed by atoms with Crippen LogP contribution in [0.5, 0.6) is 0 Å². The second-order valence-corrected chi connectivity index (χ2v) is 8.66. The van der Waals surface area contributed by atoms with Crippen molar-refractivity contribution in [2.24, 2.45) is 0 Å². The first-order chi connectivity index (χ1) is 12.5. The van der Waals surface area contributed by atoms with E-state index in [0.717, 1.165) is 27.8 Å². The second kappa shape index (κ2) is 8.27. The van der Waals surface area contributed by atoms with Crippen LogP contribution in [0.2, 0.25) is 5.02 Å². The summed E-state index contributed by atoms with van der Waals surface area (Å²) in [5.74, 6) is -1.14. The lowest BCUT2D eigenvalue weighted by Gasteiger charge is -2.30. The topological polar surface area (TPSA) is 66.5 Å². The molecule has 0 saturated heterocycles. The molecule has 0 radical (unpaired) electrons. The smallest absolute Gasteiger partial charge is 0.248 e. The summed E-state index contributed by atoms with van der Waals surface area (Å²) in [6.45, 7) is 5.45. The quantitative estimate of drug-likeness (QED) is 0.770. The molecule has 0 heterocycles. The zero-order chi connectivity index (χ0) is 20.4. The molecule has 27 heavy (non-hydrogen) atoms. The maximum atomic E-state index is 13.5. The van der Waals surface area contributed by atoms with Gasteiger partial charge in [0, 0.05) is 5.69 Å². The number of hydrogen-bond donors (Lipinski definition) is 1. The molecule has 2 rings (SSSR count). The Labute approximate surface area is 164 Å². The number of amides is 1. The van der Waals surface area contributed by atoms with Gasteiger partial charge in [-0.2, -0.15) is 0 Å². The maximum absolute atomic E-state index is 13.5. The van der Waals surface area contributed by atoms with Crippen LogP contribution in [0.3, 0.4) is 0 Å². The molecule has 2 aromatic carbocycles. The zero-order valence-electron chi connectivity index (χ0n) is 15.6. The number of anilines is 2. The van der Waals surface area contributed by atoms with Gasteiger partial charge < -0.3 is 5.32 Å². The van der Waals surface area contributed by atoms with Crippen LogP contribution in [0, 0.1) is 19.7 Å². The molecular formula is C19H22ClFN2O3S. The molecule has 0 aliphatic carbocycles. The maximum Gasteiger partial charge on any atom is 0.248 e. The van der Waals surface area contributed by atoms with Gasteiger partial charge in [-0.1, -0.05) is 30.7 Å². The Hall–Kier alpha value is -2.12. The van der Waals surface area contributed by atoms with Gasteiger partial charge in [-0.25, -0.2) is 12.8 Å². The molecule has 1 N–H and O–H groups in total. The highest BCUT2D eigenvalue weighted by molar-refractivity contribution is 7.92. The normalized spacial score (nSPS) is 12.5. The van der Waals surface area contributed by atoms with Crippen LogP contribution in [0.4, 0.5) is 15.8 Å². The molecule has 0 aromatic heterocycles. The molecule has 2 aromatic rings. The van der Waals surface area contributed by atoms with Gasteiger partial charge in [0.05, 0.1) is 17.0 Å². The van der Waals surface area contributed by atoms with Crippen LogP contribution in [0.25, 0.3) is 0 Å². The Morgan fingerprint density at radius 2 is 1.89 bits per heavy atom. The molecule has 0 spiro atoms. The van der Waals surface area contributed by atoms with Gasteiger partial charge in [0.2, 0.25) is 15.9 Å². The average Bonchev–Trinajstić information content (AvgIpc) is 2.57. The molecule has 1 atom stereocenters. The summed E-state index contributed by atoms with van der Waals surface area (Å²) >= 11 is 5.81. The van der Waals surface area contributed by atoms with Gasteiger partial charge >= 0.3 is 0 Å². The Balaban J connectivity index is 2.44. The predicted molar refractivity (Wildman–Crippen MR) is 107 cm³/mol. The second-order valence-electron chi connectivity index (χ2n) is 6.39. The SMILES string of the molecule is CCC(C(=O)Nc1cc(C)ccc1C)N(c1ccc(F)c(Cl)c1)S(C)(=O)=O. The van der Waals surface area contributed by atoms with Crippen molar-refractivity contribution in [2.75, 3.05) is 15.9 Å². The van der Waals surface area contributed by atoms with Crippen LogP contribution < -0.4 is 9.62 Å². The van der Waals surface area contributed by atoms with Crippen molar-refractivity contribution < 1.29 is 17.6 Å². The van der Waals surface area contributed by atoms with Gasteiger partial charge in [-0.15, -0.1) is 0 Å². The monoisotopic (exact) mass is 412 g/mol. The molecule has 5 nitrogen and oxygen atoms in total. The molecule has 146 valence electrons. The van der Waals surface area contributed by atoms with E-state index in [-0.39, 0.29) is 17.1 Å². The molecule has 0 saturated carbocycles. The standard InChI is InChI=1S/C19H22ClFN2O3S/c1-5-18(19(24)22-17-10-12(2)6-7-13(17)3)23(27(4,25)26)14-8-9-16(21)15(20)11-14/h6-11,18H,5H2,1-4H3,(H,22,24). The summed E-state index contributed by atoms with van der Waals surface area (Å²) in [5, 5.41) is 2.58. The fourth-order valence-electron chi connectivity index (χ4n) is 2.77. The van der Waals surface area contributed by atoms with Crippen molar-refractivity contribution in [1.82, 2.24) is 0 Å². The summed E-state index contributed by atoms with van der Waals surface area (Å²) in [5.41, 5.74) is 2.57. The lowest BCUT2D eigenvalue weighted by atomic mass is 10.1. The number of halogens is 2. The number of rotatable bonds is 6. The third kappa shape index (κ3) is 4.99. The van der Waals surface area contributed by atoms with E-state index >= 15 is 0 Å². The van der Waals surface area contributed by atoms with E-state index in [4.69, 9.17) is 11.6 Å². The first-order valence-electron chi connectivity index (χ1n) is 8.37. The van der Waals surface area contributed by atoms with E-state index < -0.39 is 27.8 Å². The van der Waals surface area contributed by atoms with E-state index in [1.165, 1.54) is 12.1 Å².